The van der Waals surface area contributed by atoms with Gasteiger partial charge in [-0.15, -0.1) is 0 Å². The van der Waals surface area contributed by atoms with Crippen LogP contribution < -0.4 is 11.1 Å². The van der Waals surface area contributed by atoms with Crippen molar-refractivity contribution in [2.24, 2.45) is 5.73 Å². The average molecular weight is 278 g/mol. The zero-order chi connectivity index (χ0) is 15.1. The lowest BCUT2D eigenvalue weighted by atomic mass is 9.92. The molecule has 3 N–H and O–H groups in total. The molecule has 0 fully saturated rings. The van der Waals surface area contributed by atoms with Gasteiger partial charge in [0, 0.05) is 42.6 Å². The highest BCUT2D eigenvalue weighted by atomic mass is 16.1. The second-order valence-corrected chi connectivity index (χ2v) is 7.30. The number of carbonyl (C=O) groups is 1. The highest BCUT2D eigenvalue weighted by Crippen LogP contribution is 2.33. The average Bonchev–Trinajstić information content (AvgIpc) is 2.66. The van der Waals surface area contributed by atoms with E-state index in [1.165, 1.54) is 5.69 Å². The Balaban J connectivity index is 2.60. The summed E-state index contributed by atoms with van der Waals surface area (Å²) in [4.78, 5) is 16.3. The van der Waals surface area contributed by atoms with Crippen LogP contribution in [0.4, 0.5) is 0 Å². The summed E-state index contributed by atoms with van der Waals surface area (Å²) in [5, 5.41) is 3.36. The van der Waals surface area contributed by atoms with Gasteiger partial charge in [0.05, 0.1) is 5.69 Å². The number of nitrogens with one attached hydrogen (secondary N) is 1. The molecule has 1 aliphatic heterocycles. The summed E-state index contributed by atoms with van der Waals surface area (Å²) in [7, 11) is 0. The van der Waals surface area contributed by atoms with Crippen molar-refractivity contribution in [3.63, 3.8) is 0 Å². The third-order valence-electron chi connectivity index (χ3n) is 3.77. The van der Waals surface area contributed by atoms with Crippen LogP contribution in [-0.2, 0) is 28.7 Å². The molecule has 2 rings (SSSR count). The Labute approximate surface area is 120 Å². The van der Waals surface area contributed by atoms with Crippen molar-refractivity contribution >= 4 is 5.91 Å². The SMILES string of the molecule is CC(C)(C)c1nc2c(n1C(C)(C)CC(N)=O)CCNC2. The molecule has 0 bridgehead atoms. The van der Waals surface area contributed by atoms with E-state index in [-0.39, 0.29) is 16.9 Å². The lowest BCUT2D eigenvalue weighted by molar-refractivity contribution is -0.119. The second-order valence-electron chi connectivity index (χ2n) is 7.30. The molecule has 0 aliphatic carbocycles. The minimum Gasteiger partial charge on any atom is -0.370 e. The van der Waals surface area contributed by atoms with Crippen LogP contribution in [0.2, 0.25) is 0 Å². The lowest BCUT2D eigenvalue weighted by Crippen LogP contribution is -2.38. The summed E-state index contributed by atoms with van der Waals surface area (Å²) in [5.74, 6) is 0.767. The number of hydrogen-bond acceptors (Lipinski definition) is 3. The minimum atomic E-state index is -0.341. The van der Waals surface area contributed by atoms with Crippen molar-refractivity contribution in [3.8, 4) is 0 Å². The summed E-state index contributed by atoms with van der Waals surface area (Å²) in [6.45, 7) is 12.4. The number of nitrogens with two attached hydrogens (primary N) is 1. The molecule has 0 saturated heterocycles. The molecular weight excluding hydrogens is 252 g/mol. The quantitative estimate of drug-likeness (QED) is 0.878. The smallest absolute Gasteiger partial charge is 0.219 e. The van der Waals surface area contributed by atoms with E-state index >= 15 is 0 Å². The fraction of sp³-hybridized carbons (Fsp3) is 0.733. The topological polar surface area (TPSA) is 72.9 Å². The molecule has 112 valence electrons. The number of rotatable bonds is 3. The number of hydrogen-bond donors (Lipinski definition) is 2. The van der Waals surface area contributed by atoms with Crippen molar-refractivity contribution in [2.75, 3.05) is 6.54 Å². The van der Waals surface area contributed by atoms with E-state index in [4.69, 9.17) is 10.7 Å². The largest absolute Gasteiger partial charge is 0.370 e. The monoisotopic (exact) mass is 278 g/mol. The van der Waals surface area contributed by atoms with Crippen molar-refractivity contribution in [1.29, 1.82) is 0 Å². The molecule has 1 amide bonds. The first-order chi connectivity index (χ1) is 9.13. The Morgan fingerprint density at radius 1 is 1.35 bits per heavy atom. The van der Waals surface area contributed by atoms with Crippen LogP contribution >= 0.6 is 0 Å². The van der Waals surface area contributed by atoms with Gasteiger partial charge >= 0.3 is 0 Å². The second kappa shape index (κ2) is 4.88. The molecule has 5 heteroatoms. The van der Waals surface area contributed by atoms with Gasteiger partial charge in [0.25, 0.3) is 0 Å². The molecule has 0 radical (unpaired) electrons. The maximum atomic E-state index is 11.4. The summed E-state index contributed by atoms with van der Waals surface area (Å²) in [6, 6.07) is 0. The first-order valence-electron chi connectivity index (χ1n) is 7.23. The van der Waals surface area contributed by atoms with Crippen molar-refractivity contribution in [2.45, 2.75) is 65.0 Å². The van der Waals surface area contributed by atoms with E-state index in [1.807, 2.05) is 0 Å². The maximum Gasteiger partial charge on any atom is 0.219 e. The summed E-state index contributed by atoms with van der Waals surface area (Å²) in [5.41, 5.74) is 7.39. The molecular formula is C15H26N4O. The van der Waals surface area contributed by atoms with E-state index in [9.17, 15) is 4.79 Å². The van der Waals surface area contributed by atoms with Crippen LogP contribution in [0.3, 0.4) is 0 Å². The Bertz CT molecular complexity index is 523. The third-order valence-corrected chi connectivity index (χ3v) is 3.77. The predicted octanol–water partition coefficient (Wildman–Crippen LogP) is 1.44. The maximum absolute atomic E-state index is 11.4. The molecule has 1 aliphatic rings. The molecule has 0 saturated carbocycles. The van der Waals surface area contributed by atoms with Crippen LogP contribution in [0, 0.1) is 0 Å². The Morgan fingerprint density at radius 2 is 2.00 bits per heavy atom. The summed E-state index contributed by atoms with van der Waals surface area (Å²) < 4.78 is 2.26. The van der Waals surface area contributed by atoms with Gasteiger partial charge < -0.3 is 15.6 Å². The molecule has 0 atom stereocenters. The fourth-order valence-corrected chi connectivity index (χ4v) is 2.97. The van der Waals surface area contributed by atoms with E-state index in [0.29, 0.717) is 6.42 Å². The number of imidazole rings is 1. The van der Waals surface area contributed by atoms with Crippen LogP contribution in [0.1, 0.15) is 58.3 Å². The van der Waals surface area contributed by atoms with Crippen molar-refractivity contribution in [1.82, 2.24) is 14.9 Å². The minimum absolute atomic E-state index is 0.0632. The number of aromatic nitrogens is 2. The first-order valence-corrected chi connectivity index (χ1v) is 7.23. The van der Waals surface area contributed by atoms with Gasteiger partial charge in [0.1, 0.15) is 5.82 Å². The molecule has 0 aromatic carbocycles. The number of primary amides is 1. The molecule has 1 aromatic rings. The van der Waals surface area contributed by atoms with Gasteiger partial charge in [-0.2, -0.15) is 0 Å². The number of fused-ring (bicyclic) bond motifs is 1. The highest BCUT2D eigenvalue weighted by molar-refractivity contribution is 5.74. The highest BCUT2D eigenvalue weighted by Gasteiger charge is 2.35. The molecule has 0 spiro atoms. The van der Waals surface area contributed by atoms with Gasteiger partial charge in [0.15, 0.2) is 0 Å². The summed E-state index contributed by atoms with van der Waals surface area (Å²) >= 11 is 0. The summed E-state index contributed by atoms with van der Waals surface area (Å²) in [6.07, 6.45) is 1.27. The van der Waals surface area contributed by atoms with Gasteiger partial charge in [-0.3, -0.25) is 4.79 Å². The zero-order valence-corrected chi connectivity index (χ0v) is 13.2. The number of carbonyl (C=O) groups excluding carboxylic acids is 1. The predicted molar refractivity (Wildman–Crippen MR) is 79.5 cm³/mol. The third kappa shape index (κ3) is 2.73. The van der Waals surface area contributed by atoms with E-state index in [2.05, 4.69) is 44.5 Å². The first kappa shape index (κ1) is 15.0. The Hall–Kier alpha value is -1.36. The zero-order valence-electron chi connectivity index (χ0n) is 13.2. The Morgan fingerprint density at radius 3 is 2.55 bits per heavy atom. The van der Waals surface area contributed by atoms with E-state index < -0.39 is 0 Å². The van der Waals surface area contributed by atoms with Gasteiger partial charge in [-0.05, 0) is 13.8 Å². The van der Waals surface area contributed by atoms with E-state index in [1.54, 1.807) is 0 Å². The van der Waals surface area contributed by atoms with Crippen LogP contribution in [0.25, 0.3) is 0 Å². The fourth-order valence-electron chi connectivity index (χ4n) is 2.97. The molecule has 5 nitrogen and oxygen atoms in total. The van der Waals surface area contributed by atoms with Crippen LogP contribution in [0.5, 0.6) is 0 Å². The van der Waals surface area contributed by atoms with Crippen LogP contribution in [-0.4, -0.2) is 22.0 Å². The Kier molecular flexibility index (Phi) is 3.67. The molecule has 2 heterocycles. The van der Waals surface area contributed by atoms with Gasteiger partial charge in [-0.25, -0.2) is 4.98 Å². The molecule has 20 heavy (non-hydrogen) atoms. The number of nitrogens with zero attached hydrogens (tertiary/aromatic N) is 2. The van der Waals surface area contributed by atoms with Gasteiger partial charge in [0.2, 0.25) is 5.91 Å². The van der Waals surface area contributed by atoms with Crippen molar-refractivity contribution < 1.29 is 4.79 Å². The van der Waals surface area contributed by atoms with E-state index in [0.717, 1.165) is 31.0 Å². The number of amides is 1. The lowest BCUT2D eigenvalue weighted by Gasteiger charge is -2.33. The van der Waals surface area contributed by atoms with Gasteiger partial charge in [-0.1, -0.05) is 20.8 Å². The standard InChI is InChI=1S/C15H26N4O/c1-14(2,3)13-18-10-9-17-7-6-11(10)19(13)15(4,5)8-12(16)20/h17H,6-9H2,1-5H3,(H2,16,20). The normalized spacial score (nSPS) is 16.1. The molecule has 0 unspecified atom stereocenters. The molecule has 1 aromatic heterocycles. The van der Waals surface area contributed by atoms with Crippen molar-refractivity contribution in [3.05, 3.63) is 17.2 Å². The van der Waals surface area contributed by atoms with Crippen LogP contribution in [0.15, 0.2) is 0 Å².